The zero-order chi connectivity index (χ0) is 16.9. The molecule has 0 atom stereocenters. The zero-order valence-electron chi connectivity index (χ0n) is 13.9. The number of carbonyl (C=O) groups is 2. The molecule has 0 unspecified atom stereocenters. The van der Waals surface area contributed by atoms with Crippen molar-refractivity contribution in [2.24, 2.45) is 0 Å². The van der Waals surface area contributed by atoms with Crippen molar-refractivity contribution in [3.05, 3.63) is 65.2 Å². The van der Waals surface area contributed by atoms with Gasteiger partial charge in [0.15, 0.2) is 0 Å². The number of rotatable bonds is 5. The minimum absolute atomic E-state index is 0.0401. The molecule has 1 aliphatic rings. The van der Waals surface area contributed by atoms with Crippen molar-refractivity contribution in [3.8, 4) is 0 Å². The van der Waals surface area contributed by atoms with Gasteiger partial charge in [0.1, 0.15) is 0 Å². The Hall–Kier alpha value is -2.62. The van der Waals surface area contributed by atoms with Crippen LogP contribution >= 0.6 is 0 Å². The Labute approximate surface area is 142 Å². The third kappa shape index (κ3) is 3.48. The number of anilines is 1. The maximum Gasteiger partial charge on any atom is 0.258 e. The quantitative estimate of drug-likeness (QED) is 0.918. The van der Waals surface area contributed by atoms with Crippen LogP contribution in [0.2, 0.25) is 0 Å². The van der Waals surface area contributed by atoms with Gasteiger partial charge in [0.05, 0.1) is 0 Å². The summed E-state index contributed by atoms with van der Waals surface area (Å²) in [5.74, 6) is 0.122. The number of hydrogen-bond donors (Lipinski definition) is 1. The minimum Gasteiger partial charge on any atom is -0.352 e. The Morgan fingerprint density at radius 3 is 2.67 bits per heavy atom. The van der Waals surface area contributed by atoms with E-state index in [9.17, 15) is 9.59 Å². The van der Waals surface area contributed by atoms with Gasteiger partial charge in [-0.15, -0.1) is 0 Å². The van der Waals surface area contributed by atoms with Crippen molar-refractivity contribution < 1.29 is 9.59 Å². The molecule has 0 fully saturated rings. The van der Waals surface area contributed by atoms with Gasteiger partial charge in [-0.3, -0.25) is 9.59 Å². The summed E-state index contributed by atoms with van der Waals surface area (Å²) in [4.78, 5) is 26.1. The van der Waals surface area contributed by atoms with E-state index in [-0.39, 0.29) is 11.8 Å². The SMILES string of the molecule is CCCC(=O)NCc1ccc2c(c1)CCN2C(=O)c1ccccc1. The molecule has 2 aromatic carbocycles. The number of benzene rings is 2. The fourth-order valence-corrected chi connectivity index (χ4v) is 3.03. The molecule has 0 saturated carbocycles. The highest BCUT2D eigenvalue weighted by Crippen LogP contribution is 2.30. The van der Waals surface area contributed by atoms with E-state index < -0.39 is 0 Å². The van der Waals surface area contributed by atoms with Crippen molar-refractivity contribution in [3.63, 3.8) is 0 Å². The van der Waals surface area contributed by atoms with Crippen LogP contribution in [0.25, 0.3) is 0 Å². The van der Waals surface area contributed by atoms with Gasteiger partial charge in [0.2, 0.25) is 5.91 Å². The molecular weight excluding hydrogens is 300 g/mol. The second-order valence-corrected chi connectivity index (χ2v) is 6.06. The van der Waals surface area contributed by atoms with E-state index in [2.05, 4.69) is 11.4 Å². The van der Waals surface area contributed by atoms with Crippen molar-refractivity contribution >= 4 is 17.5 Å². The molecule has 1 heterocycles. The monoisotopic (exact) mass is 322 g/mol. The van der Waals surface area contributed by atoms with E-state index in [1.807, 2.05) is 54.3 Å². The average molecular weight is 322 g/mol. The summed E-state index contributed by atoms with van der Waals surface area (Å²) < 4.78 is 0. The number of nitrogens with zero attached hydrogens (tertiary/aromatic N) is 1. The van der Waals surface area contributed by atoms with Crippen molar-refractivity contribution in [1.82, 2.24) is 5.32 Å². The molecule has 1 aliphatic heterocycles. The molecule has 0 aliphatic carbocycles. The highest BCUT2D eigenvalue weighted by Gasteiger charge is 2.25. The van der Waals surface area contributed by atoms with Gasteiger partial charge in [0, 0.05) is 30.8 Å². The van der Waals surface area contributed by atoms with E-state index >= 15 is 0 Å². The molecule has 0 radical (unpaired) electrons. The molecule has 0 aromatic heterocycles. The number of amides is 2. The van der Waals surface area contributed by atoms with Crippen molar-refractivity contribution in [1.29, 1.82) is 0 Å². The lowest BCUT2D eigenvalue weighted by Crippen LogP contribution is -2.28. The highest BCUT2D eigenvalue weighted by molar-refractivity contribution is 6.07. The Morgan fingerprint density at radius 1 is 1.12 bits per heavy atom. The molecule has 124 valence electrons. The van der Waals surface area contributed by atoms with Gasteiger partial charge in [0.25, 0.3) is 5.91 Å². The maximum atomic E-state index is 12.7. The summed E-state index contributed by atoms with van der Waals surface area (Å²) in [5.41, 5.74) is 3.93. The molecule has 2 amide bonds. The van der Waals surface area contributed by atoms with E-state index in [1.54, 1.807) is 0 Å². The van der Waals surface area contributed by atoms with Crippen LogP contribution in [0.4, 0.5) is 5.69 Å². The summed E-state index contributed by atoms with van der Waals surface area (Å²) in [6.07, 6.45) is 2.27. The normalized spacial score (nSPS) is 12.8. The minimum atomic E-state index is 0.0401. The summed E-state index contributed by atoms with van der Waals surface area (Å²) in [6, 6.07) is 15.4. The third-order valence-corrected chi connectivity index (χ3v) is 4.27. The van der Waals surface area contributed by atoms with E-state index in [0.717, 1.165) is 24.1 Å². The predicted octanol–water partition coefficient (Wildman–Crippen LogP) is 3.31. The van der Waals surface area contributed by atoms with Crippen LogP contribution in [0.5, 0.6) is 0 Å². The first-order valence-electron chi connectivity index (χ1n) is 8.44. The van der Waals surface area contributed by atoms with Crippen molar-refractivity contribution in [2.75, 3.05) is 11.4 Å². The van der Waals surface area contributed by atoms with Crippen LogP contribution in [0.1, 0.15) is 41.3 Å². The smallest absolute Gasteiger partial charge is 0.258 e. The largest absolute Gasteiger partial charge is 0.352 e. The number of carbonyl (C=O) groups excluding carboxylic acids is 2. The Morgan fingerprint density at radius 2 is 1.92 bits per heavy atom. The molecule has 4 nitrogen and oxygen atoms in total. The molecule has 2 aromatic rings. The van der Waals surface area contributed by atoms with Gasteiger partial charge >= 0.3 is 0 Å². The summed E-state index contributed by atoms with van der Waals surface area (Å²) >= 11 is 0. The first-order chi connectivity index (χ1) is 11.7. The van der Waals surface area contributed by atoms with Gasteiger partial charge in [-0.2, -0.15) is 0 Å². The second kappa shape index (κ2) is 7.30. The van der Waals surface area contributed by atoms with E-state index in [4.69, 9.17) is 0 Å². The zero-order valence-corrected chi connectivity index (χ0v) is 13.9. The Balaban J connectivity index is 1.71. The van der Waals surface area contributed by atoms with Gasteiger partial charge in [-0.1, -0.05) is 37.3 Å². The summed E-state index contributed by atoms with van der Waals surface area (Å²) in [7, 11) is 0. The van der Waals surface area contributed by atoms with Crippen LogP contribution in [-0.4, -0.2) is 18.4 Å². The summed E-state index contributed by atoms with van der Waals surface area (Å²) in [5, 5.41) is 2.93. The lowest BCUT2D eigenvalue weighted by Gasteiger charge is -2.17. The van der Waals surface area contributed by atoms with Crippen LogP contribution in [-0.2, 0) is 17.8 Å². The van der Waals surface area contributed by atoms with Gasteiger partial charge < -0.3 is 10.2 Å². The average Bonchev–Trinajstić information content (AvgIpc) is 3.03. The topological polar surface area (TPSA) is 49.4 Å². The van der Waals surface area contributed by atoms with Gasteiger partial charge in [-0.05, 0) is 42.2 Å². The van der Waals surface area contributed by atoms with Crippen LogP contribution in [0.3, 0.4) is 0 Å². The lowest BCUT2D eigenvalue weighted by atomic mass is 10.1. The maximum absolute atomic E-state index is 12.7. The fraction of sp³-hybridized carbons (Fsp3) is 0.300. The Kier molecular flexibility index (Phi) is 4.94. The standard InChI is InChI=1S/C20H22N2O2/c1-2-6-19(23)21-14-15-9-10-18-17(13-15)11-12-22(18)20(24)16-7-4-3-5-8-16/h3-5,7-10,13H,2,6,11-12,14H2,1H3,(H,21,23). The molecule has 0 bridgehead atoms. The third-order valence-electron chi connectivity index (χ3n) is 4.27. The van der Waals surface area contributed by atoms with Gasteiger partial charge in [-0.25, -0.2) is 0 Å². The second-order valence-electron chi connectivity index (χ2n) is 6.06. The molecule has 0 spiro atoms. The van der Waals surface area contributed by atoms with Crippen LogP contribution in [0.15, 0.2) is 48.5 Å². The number of fused-ring (bicyclic) bond motifs is 1. The molecule has 0 saturated heterocycles. The molecule has 24 heavy (non-hydrogen) atoms. The number of nitrogens with one attached hydrogen (secondary N) is 1. The molecular formula is C20H22N2O2. The van der Waals surface area contributed by atoms with Crippen LogP contribution < -0.4 is 10.2 Å². The van der Waals surface area contributed by atoms with E-state index in [0.29, 0.717) is 25.1 Å². The fourth-order valence-electron chi connectivity index (χ4n) is 3.03. The van der Waals surface area contributed by atoms with Crippen molar-refractivity contribution in [2.45, 2.75) is 32.7 Å². The van der Waals surface area contributed by atoms with Crippen LogP contribution in [0, 0.1) is 0 Å². The summed E-state index contributed by atoms with van der Waals surface area (Å²) in [6.45, 7) is 3.24. The first kappa shape index (κ1) is 16.2. The number of hydrogen-bond acceptors (Lipinski definition) is 2. The first-order valence-corrected chi connectivity index (χ1v) is 8.44. The predicted molar refractivity (Wildman–Crippen MR) is 95.0 cm³/mol. The Bertz CT molecular complexity index is 741. The molecule has 4 heteroatoms. The highest BCUT2D eigenvalue weighted by atomic mass is 16.2. The van der Waals surface area contributed by atoms with E-state index in [1.165, 1.54) is 5.56 Å². The molecule has 3 rings (SSSR count). The lowest BCUT2D eigenvalue weighted by molar-refractivity contribution is -0.121. The molecule has 1 N–H and O–H groups in total.